The van der Waals surface area contributed by atoms with E-state index in [1.165, 1.54) is 5.56 Å². The van der Waals surface area contributed by atoms with Crippen LogP contribution < -0.4 is 15.6 Å². The van der Waals surface area contributed by atoms with Crippen LogP contribution in [-0.2, 0) is 11.2 Å². The first-order valence-corrected chi connectivity index (χ1v) is 9.93. The van der Waals surface area contributed by atoms with E-state index in [4.69, 9.17) is 4.74 Å². The number of ether oxygens (including phenoxy) is 1. The first kappa shape index (κ1) is 20.6. The predicted octanol–water partition coefficient (Wildman–Crippen LogP) is 3.94. The molecule has 5 nitrogen and oxygen atoms in total. The minimum atomic E-state index is -0.210. The van der Waals surface area contributed by atoms with Crippen LogP contribution in [0.15, 0.2) is 53.3 Å². The number of carbonyl (C=O) groups is 1. The summed E-state index contributed by atoms with van der Waals surface area (Å²) in [5.74, 6) is 0.657. The van der Waals surface area contributed by atoms with Gasteiger partial charge in [0.05, 0.1) is 18.5 Å². The number of carbonyl (C=O) groups excluding carboxylic acids is 1. The lowest BCUT2D eigenvalue weighted by atomic mass is 9.87. The second-order valence-corrected chi connectivity index (χ2v) is 7.75. The SMILES string of the molecule is COc1ccc2cc(CCNC(=O)C(c3ccc(C)cc3)C(C)C)c(=O)[nH]c2c1. The highest BCUT2D eigenvalue weighted by molar-refractivity contribution is 5.84. The fourth-order valence-electron chi connectivity index (χ4n) is 3.58. The summed E-state index contributed by atoms with van der Waals surface area (Å²) < 4.78 is 5.20. The Hall–Kier alpha value is -3.08. The van der Waals surface area contributed by atoms with Crippen molar-refractivity contribution in [1.82, 2.24) is 10.3 Å². The number of aromatic amines is 1. The molecule has 0 bridgehead atoms. The number of aromatic nitrogens is 1. The van der Waals surface area contributed by atoms with Crippen LogP contribution in [0.5, 0.6) is 5.75 Å². The Labute approximate surface area is 171 Å². The Kier molecular flexibility index (Phi) is 6.37. The van der Waals surface area contributed by atoms with Crippen LogP contribution in [0, 0.1) is 12.8 Å². The number of methoxy groups -OCH3 is 1. The van der Waals surface area contributed by atoms with Crippen molar-refractivity contribution in [3.8, 4) is 5.75 Å². The minimum Gasteiger partial charge on any atom is -0.497 e. The number of amides is 1. The summed E-state index contributed by atoms with van der Waals surface area (Å²) in [7, 11) is 1.59. The smallest absolute Gasteiger partial charge is 0.251 e. The highest BCUT2D eigenvalue weighted by Crippen LogP contribution is 2.25. The van der Waals surface area contributed by atoms with Crippen molar-refractivity contribution in [2.24, 2.45) is 5.92 Å². The third kappa shape index (κ3) is 4.86. The summed E-state index contributed by atoms with van der Waals surface area (Å²) in [5.41, 5.74) is 3.44. The molecule has 1 heterocycles. The number of pyridine rings is 1. The molecule has 2 N–H and O–H groups in total. The van der Waals surface area contributed by atoms with Gasteiger partial charge in [-0.15, -0.1) is 0 Å². The van der Waals surface area contributed by atoms with Gasteiger partial charge in [0.1, 0.15) is 5.75 Å². The fourth-order valence-corrected chi connectivity index (χ4v) is 3.58. The summed E-state index contributed by atoms with van der Waals surface area (Å²) in [5, 5.41) is 3.94. The Bertz CT molecular complexity index is 1050. The summed E-state index contributed by atoms with van der Waals surface area (Å²) in [6.45, 7) is 6.54. The molecule has 3 rings (SSSR count). The number of rotatable bonds is 7. The molecule has 2 aromatic carbocycles. The minimum absolute atomic E-state index is 0.00851. The molecule has 0 spiro atoms. The first-order valence-electron chi connectivity index (χ1n) is 9.93. The van der Waals surface area contributed by atoms with Gasteiger partial charge in [0.15, 0.2) is 0 Å². The maximum absolute atomic E-state index is 12.8. The van der Waals surface area contributed by atoms with E-state index in [1.807, 2.05) is 63.2 Å². The van der Waals surface area contributed by atoms with Gasteiger partial charge >= 0.3 is 0 Å². The topological polar surface area (TPSA) is 71.2 Å². The van der Waals surface area contributed by atoms with Crippen molar-refractivity contribution >= 4 is 16.8 Å². The molecular formula is C24H28N2O3. The number of fused-ring (bicyclic) bond motifs is 1. The molecule has 1 aromatic heterocycles. The number of nitrogens with one attached hydrogen (secondary N) is 2. The third-order valence-electron chi connectivity index (χ3n) is 5.21. The highest BCUT2D eigenvalue weighted by atomic mass is 16.5. The second-order valence-electron chi connectivity index (χ2n) is 7.75. The molecule has 0 radical (unpaired) electrons. The Morgan fingerprint density at radius 1 is 1.10 bits per heavy atom. The van der Waals surface area contributed by atoms with E-state index in [2.05, 4.69) is 10.3 Å². The zero-order valence-corrected chi connectivity index (χ0v) is 17.4. The number of hydrogen-bond donors (Lipinski definition) is 2. The molecule has 0 fully saturated rings. The van der Waals surface area contributed by atoms with E-state index in [-0.39, 0.29) is 23.3 Å². The van der Waals surface area contributed by atoms with Gasteiger partial charge in [0.2, 0.25) is 5.91 Å². The Morgan fingerprint density at radius 3 is 2.48 bits per heavy atom. The van der Waals surface area contributed by atoms with Gasteiger partial charge in [-0.25, -0.2) is 0 Å². The van der Waals surface area contributed by atoms with E-state index < -0.39 is 0 Å². The van der Waals surface area contributed by atoms with Gasteiger partial charge in [-0.3, -0.25) is 9.59 Å². The van der Waals surface area contributed by atoms with Crippen molar-refractivity contribution in [3.05, 3.63) is 75.6 Å². The largest absolute Gasteiger partial charge is 0.497 e. The molecule has 0 aliphatic carbocycles. The van der Waals surface area contributed by atoms with E-state index in [0.717, 1.165) is 16.5 Å². The van der Waals surface area contributed by atoms with Crippen molar-refractivity contribution in [1.29, 1.82) is 0 Å². The molecule has 0 aliphatic heterocycles. The molecule has 0 saturated heterocycles. The molecule has 0 aliphatic rings. The molecule has 1 amide bonds. The third-order valence-corrected chi connectivity index (χ3v) is 5.21. The average Bonchev–Trinajstić information content (AvgIpc) is 2.69. The maximum atomic E-state index is 12.8. The Balaban J connectivity index is 1.69. The fraction of sp³-hybridized carbons (Fsp3) is 0.333. The number of benzene rings is 2. The average molecular weight is 392 g/mol. The van der Waals surface area contributed by atoms with Gasteiger partial charge < -0.3 is 15.0 Å². The van der Waals surface area contributed by atoms with E-state index in [0.29, 0.717) is 24.3 Å². The number of H-pyrrole nitrogens is 1. The van der Waals surface area contributed by atoms with Gasteiger partial charge in [-0.05, 0) is 48.4 Å². The summed E-state index contributed by atoms with van der Waals surface area (Å²) >= 11 is 0. The van der Waals surface area contributed by atoms with Gasteiger partial charge in [-0.1, -0.05) is 43.7 Å². The van der Waals surface area contributed by atoms with Crippen LogP contribution in [0.4, 0.5) is 0 Å². The maximum Gasteiger partial charge on any atom is 0.251 e. The summed E-state index contributed by atoms with van der Waals surface area (Å²) in [4.78, 5) is 28.1. The number of aryl methyl sites for hydroxylation is 1. The van der Waals surface area contributed by atoms with Crippen molar-refractivity contribution < 1.29 is 9.53 Å². The van der Waals surface area contributed by atoms with Crippen LogP contribution >= 0.6 is 0 Å². The van der Waals surface area contributed by atoms with Crippen molar-refractivity contribution in [2.45, 2.75) is 33.1 Å². The molecule has 29 heavy (non-hydrogen) atoms. The quantitative estimate of drug-likeness (QED) is 0.640. The molecular weight excluding hydrogens is 364 g/mol. The molecule has 3 aromatic rings. The van der Waals surface area contributed by atoms with E-state index >= 15 is 0 Å². The van der Waals surface area contributed by atoms with E-state index in [9.17, 15) is 9.59 Å². The lowest BCUT2D eigenvalue weighted by molar-refractivity contribution is -0.123. The lowest BCUT2D eigenvalue weighted by Gasteiger charge is -2.21. The van der Waals surface area contributed by atoms with Gasteiger partial charge in [0.25, 0.3) is 5.56 Å². The summed E-state index contributed by atoms with van der Waals surface area (Å²) in [6.07, 6.45) is 0.474. The Morgan fingerprint density at radius 2 is 1.83 bits per heavy atom. The van der Waals surface area contributed by atoms with Crippen molar-refractivity contribution in [2.75, 3.05) is 13.7 Å². The monoisotopic (exact) mass is 392 g/mol. The van der Waals surface area contributed by atoms with Crippen LogP contribution in [-0.4, -0.2) is 24.5 Å². The second kappa shape index (κ2) is 8.95. The van der Waals surface area contributed by atoms with Crippen LogP contribution in [0.2, 0.25) is 0 Å². The van der Waals surface area contributed by atoms with Crippen LogP contribution in [0.25, 0.3) is 10.9 Å². The molecule has 152 valence electrons. The van der Waals surface area contributed by atoms with E-state index in [1.54, 1.807) is 13.2 Å². The van der Waals surface area contributed by atoms with Crippen LogP contribution in [0.3, 0.4) is 0 Å². The van der Waals surface area contributed by atoms with Crippen molar-refractivity contribution in [3.63, 3.8) is 0 Å². The molecule has 1 unspecified atom stereocenters. The normalized spacial score (nSPS) is 12.2. The molecule has 0 saturated carbocycles. The number of hydrogen-bond acceptors (Lipinski definition) is 3. The van der Waals surface area contributed by atoms with Gasteiger partial charge in [0, 0.05) is 18.2 Å². The first-order chi connectivity index (χ1) is 13.9. The predicted molar refractivity (Wildman–Crippen MR) is 117 cm³/mol. The zero-order chi connectivity index (χ0) is 21.0. The summed E-state index contributed by atoms with van der Waals surface area (Å²) in [6, 6.07) is 15.5. The highest BCUT2D eigenvalue weighted by Gasteiger charge is 2.23. The standard InChI is InChI=1S/C24H28N2O3/c1-15(2)22(17-7-5-16(3)6-8-17)24(28)25-12-11-19-13-18-9-10-20(29-4)14-21(18)26-23(19)27/h5-10,13-15,22H,11-12H2,1-4H3,(H,25,28)(H,26,27). The molecule has 1 atom stereocenters. The van der Waals surface area contributed by atoms with Crippen LogP contribution in [0.1, 0.15) is 36.5 Å². The molecule has 5 heteroatoms. The lowest BCUT2D eigenvalue weighted by Crippen LogP contribution is -2.34. The van der Waals surface area contributed by atoms with Gasteiger partial charge in [-0.2, -0.15) is 0 Å². The zero-order valence-electron chi connectivity index (χ0n) is 17.4.